The highest BCUT2D eigenvalue weighted by atomic mass is 35.5. The highest BCUT2D eigenvalue weighted by Gasteiger charge is 2.44. The molecular weight excluding hydrogens is 312 g/mol. The molecule has 1 aliphatic heterocycles. The molecule has 1 aliphatic carbocycles. The molecule has 2 aliphatic rings. The lowest BCUT2D eigenvalue weighted by molar-refractivity contribution is -0.131. The van der Waals surface area contributed by atoms with Crippen molar-refractivity contribution >= 4 is 17.5 Å². The van der Waals surface area contributed by atoms with E-state index in [0.717, 1.165) is 24.8 Å². The van der Waals surface area contributed by atoms with E-state index >= 15 is 0 Å². The van der Waals surface area contributed by atoms with E-state index in [1.807, 2.05) is 24.3 Å². The Kier molecular flexibility index (Phi) is 5.24. The Bertz CT molecular complexity index is 558. The van der Waals surface area contributed by atoms with Gasteiger partial charge in [-0.05, 0) is 49.8 Å². The van der Waals surface area contributed by atoms with Crippen LogP contribution in [0.2, 0.25) is 5.02 Å². The zero-order valence-electron chi connectivity index (χ0n) is 13.4. The number of amides is 1. The van der Waals surface area contributed by atoms with Gasteiger partial charge < -0.3 is 15.8 Å². The van der Waals surface area contributed by atoms with Crippen LogP contribution in [0.15, 0.2) is 24.3 Å². The Morgan fingerprint density at radius 3 is 2.74 bits per heavy atom. The molecular formula is C18H25ClN2O2. The molecule has 1 aromatic carbocycles. The fourth-order valence-electron chi connectivity index (χ4n) is 4.00. The van der Waals surface area contributed by atoms with Gasteiger partial charge in [-0.1, -0.05) is 36.2 Å². The van der Waals surface area contributed by atoms with E-state index in [4.69, 9.17) is 22.1 Å². The Morgan fingerprint density at radius 2 is 2.04 bits per heavy atom. The highest BCUT2D eigenvalue weighted by Crippen LogP contribution is 2.39. The topological polar surface area (TPSA) is 64.3 Å². The van der Waals surface area contributed by atoms with Gasteiger partial charge in [0, 0.05) is 24.3 Å². The molecule has 126 valence electrons. The summed E-state index contributed by atoms with van der Waals surface area (Å²) in [6.07, 6.45) is 4.59. The van der Waals surface area contributed by atoms with Crippen LogP contribution < -0.4 is 11.1 Å². The summed E-state index contributed by atoms with van der Waals surface area (Å²) in [5.41, 5.74) is 6.19. The van der Waals surface area contributed by atoms with Crippen molar-refractivity contribution in [1.82, 2.24) is 5.32 Å². The van der Waals surface area contributed by atoms with Gasteiger partial charge in [-0.2, -0.15) is 0 Å². The molecule has 0 bridgehead atoms. The first-order chi connectivity index (χ1) is 11.2. The number of nitrogens with two attached hydrogens (primary N) is 1. The molecule has 1 saturated heterocycles. The monoisotopic (exact) mass is 336 g/mol. The summed E-state index contributed by atoms with van der Waals surface area (Å²) in [6.45, 7) is 1.81. The minimum absolute atomic E-state index is 0.0826. The normalized spacial score (nSPS) is 26.9. The third kappa shape index (κ3) is 3.25. The van der Waals surface area contributed by atoms with E-state index in [-0.39, 0.29) is 11.9 Å². The van der Waals surface area contributed by atoms with Crippen molar-refractivity contribution in [2.75, 3.05) is 19.8 Å². The fourth-order valence-corrected chi connectivity index (χ4v) is 4.32. The summed E-state index contributed by atoms with van der Waals surface area (Å²) in [4.78, 5) is 13.2. The van der Waals surface area contributed by atoms with Gasteiger partial charge in [-0.15, -0.1) is 0 Å². The van der Waals surface area contributed by atoms with Crippen LogP contribution in [0.25, 0.3) is 0 Å². The molecule has 2 atom stereocenters. The van der Waals surface area contributed by atoms with Gasteiger partial charge in [0.2, 0.25) is 5.91 Å². The summed E-state index contributed by atoms with van der Waals surface area (Å²) in [7, 11) is 0. The number of ether oxygens (including phenoxy) is 1. The lowest BCUT2D eigenvalue weighted by atomic mass is 9.73. The Morgan fingerprint density at radius 1 is 1.30 bits per heavy atom. The molecule has 0 aromatic heterocycles. The minimum atomic E-state index is -0.585. The van der Waals surface area contributed by atoms with Gasteiger partial charge >= 0.3 is 0 Å². The summed E-state index contributed by atoms with van der Waals surface area (Å²) < 4.78 is 5.51. The standard InChI is InChI=1S/C18H25ClN2O2/c19-15-6-2-1-5-14(15)18(8-10-23-11-9-18)17(22)21-16-7-3-4-13(16)12-20/h1-2,5-6,13,16H,3-4,7-12,20H2,(H,21,22)/t13-,16-/m1/s1. The van der Waals surface area contributed by atoms with Crippen LogP contribution in [0.4, 0.5) is 0 Å². The molecule has 0 unspecified atom stereocenters. The number of nitrogens with one attached hydrogen (secondary N) is 1. The highest BCUT2D eigenvalue weighted by molar-refractivity contribution is 6.31. The van der Waals surface area contributed by atoms with E-state index in [1.165, 1.54) is 0 Å². The van der Waals surface area contributed by atoms with Crippen molar-refractivity contribution in [2.24, 2.45) is 11.7 Å². The molecule has 5 heteroatoms. The van der Waals surface area contributed by atoms with Gasteiger partial charge in [0.05, 0.1) is 5.41 Å². The second kappa shape index (κ2) is 7.20. The van der Waals surface area contributed by atoms with Crippen molar-refractivity contribution in [3.05, 3.63) is 34.9 Å². The predicted octanol–water partition coefficient (Wildman–Crippen LogP) is 2.63. The van der Waals surface area contributed by atoms with Crippen LogP contribution in [-0.4, -0.2) is 31.7 Å². The smallest absolute Gasteiger partial charge is 0.231 e. The molecule has 1 aromatic rings. The number of carbonyl (C=O) groups is 1. The second-order valence-electron chi connectivity index (χ2n) is 6.68. The van der Waals surface area contributed by atoms with E-state index in [1.54, 1.807) is 0 Å². The first-order valence-electron chi connectivity index (χ1n) is 8.51. The third-order valence-electron chi connectivity index (χ3n) is 5.45. The predicted molar refractivity (Wildman–Crippen MR) is 91.5 cm³/mol. The van der Waals surface area contributed by atoms with Crippen molar-refractivity contribution in [2.45, 2.75) is 43.6 Å². The average Bonchev–Trinajstić information content (AvgIpc) is 3.03. The maximum Gasteiger partial charge on any atom is 0.231 e. The molecule has 3 N–H and O–H groups in total. The van der Waals surface area contributed by atoms with E-state index in [0.29, 0.717) is 43.5 Å². The number of carbonyl (C=O) groups excluding carboxylic acids is 1. The summed E-state index contributed by atoms with van der Waals surface area (Å²) >= 11 is 6.42. The number of rotatable bonds is 4. The number of hydrogen-bond donors (Lipinski definition) is 2. The minimum Gasteiger partial charge on any atom is -0.381 e. The molecule has 1 amide bonds. The second-order valence-corrected chi connectivity index (χ2v) is 7.09. The van der Waals surface area contributed by atoms with Crippen LogP contribution in [0, 0.1) is 5.92 Å². The molecule has 1 saturated carbocycles. The van der Waals surface area contributed by atoms with Crippen molar-refractivity contribution in [3.8, 4) is 0 Å². The Labute approximate surface area is 142 Å². The van der Waals surface area contributed by atoms with Crippen LogP contribution in [0.3, 0.4) is 0 Å². The van der Waals surface area contributed by atoms with Gasteiger partial charge in [0.1, 0.15) is 0 Å². The Balaban J connectivity index is 1.87. The quantitative estimate of drug-likeness (QED) is 0.888. The van der Waals surface area contributed by atoms with Crippen LogP contribution in [0.1, 0.15) is 37.7 Å². The average molecular weight is 337 g/mol. The molecule has 0 spiro atoms. The number of halogens is 1. The van der Waals surface area contributed by atoms with E-state index < -0.39 is 5.41 Å². The zero-order valence-corrected chi connectivity index (χ0v) is 14.1. The largest absolute Gasteiger partial charge is 0.381 e. The van der Waals surface area contributed by atoms with Crippen molar-refractivity contribution in [1.29, 1.82) is 0 Å². The summed E-state index contributed by atoms with van der Waals surface area (Å²) in [5, 5.41) is 3.94. The number of benzene rings is 1. The molecule has 4 nitrogen and oxygen atoms in total. The SMILES string of the molecule is NC[C@H]1CCC[C@H]1NC(=O)C1(c2ccccc2Cl)CCOCC1. The maximum atomic E-state index is 13.2. The van der Waals surface area contributed by atoms with Crippen LogP contribution in [-0.2, 0) is 14.9 Å². The molecule has 1 heterocycles. The lowest BCUT2D eigenvalue weighted by Crippen LogP contribution is -2.52. The van der Waals surface area contributed by atoms with E-state index in [2.05, 4.69) is 5.32 Å². The molecule has 3 rings (SSSR count). The lowest BCUT2D eigenvalue weighted by Gasteiger charge is -2.38. The molecule has 0 radical (unpaired) electrons. The summed E-state index contributed by atoms with van der Waals surface area (Å²) in [6, 6.07) is 7.87. The first kappa shape index (κ1) is 16.7. The van der Waals surface area contributed by atoms with Gasteiger partial charge in [0.15, 0.2) is 0 Å². The third-order valence-corrected chi connectivity index (χ3v) is 5.78. The van der Waals surface area contributed by atoms with Crippen LogP contribution >= 0.6 is 11.6 Å². The van der Waals surface area contributed by atoms with Gasteiger partial charge in [-0.25, -0.2) is 0 Å². The number of hydrogen-bond acceptors (Lipinski definition) is 3. The van der Waals surface area contributed by atoms with Gasteiger partial charge in [0.25, 0.3) is 0 Å². The van der Waals surface area contributed by atoms with E-state index in [9.17, 15) is 4.79 Å². The Hall–Kier alpha value is -1.10. The van der Waals surface area contributed by atoms with Gasteiger partial charge in [-0.3, -0.25) is 4.79 Å². The molecule has 2 fully saturated rings. The zero-order chi connectivity index (χ0) is 16.3. The summed E-state index contributed by atoms with van der Waals surface area (Å²) in [5.74, 6) is 0.473. The maximum absolute atomic E-state index is 13.2. The van der Waals surface area contributed by atoms with Crippen molar-refractivity contribution < 1.29 is 9.53 Å². The fraction of sp³-hybridized carbons (Fsp3) is 0.611. The van der Waals surface area contributed by atoms with Crippen LogP contribution in [0.5, 0.6) is 0 Å². The van der Waals surface area contributed by atoms with Crippen molar-refractivity contribution in [3.63, 3.8) is 0 Å². The first-order valence-corrected chi connectivity index (χ1v) is 8.89. The molecule has 23 heavy (non-hydrogen) atoms.